The first-order valence-electron chi connectivity index (χ1n) is 7.52. The molecule has 0 aliphatic carbocycles. The molecule has 0 aromatic carbocycles. The van der Waals surface area contributed by atoms with Crippen LogP contribution in [-0.4, -0.2) is 49.0 Å². The average molecular weight is 332 g/mol. The summed E-state index contributed by atoms with van der Waals surface area (Å²) in [4.78, 5) is 22.0. The van der Waals surface area contributed by atoms with Gasteiger partial charge in [0.15, 0.2) is 0 Å². The van der Waals surface area contributed by atoms with Gasteiger partial charge in [0.1, 0.15) is 13.2 Å². The molecule has 134 valence electrons. The molecule has 7 heteroatoms. The number of hydrogen-bond donors (Lipinski definition) is 2. The molecule has 0 aromatic heterocycles. The molecule has 0 spiro atoms. The summed E-state index contributed by atoms with van der Waals surface area (Å²) in [5.74, 6) is 5.37. The molecule has 0 aliphatic rings. The van der Waals surface area contributed by atoms with Crippen LogP contribution in [0.25, 0.3) is 0 Å². The van der Waals surface area contributed by atoms with E-state index in [1.54, 1.807) is 0 Å². The number of ether oxygens (including phenoxy) is 3. The fourth-order valence-corrected chi connectivity index (χ4v) is 0.995. The second-order valence-electron chi connectivity index (χ2n) is 5.33. The zero-order valence-corrected chi connectivity index (χ0v) is 14.3. The molecule has 0 atom stereocenters. The molecule has 0 aromatic rings. The summed E-state index contributed by atoms with van der Waals surface area (Å²) in [5, 5.41) is 15.8. The maximum absolute atomic E-state index is 11.0. The van der Waals surface area contributed by atoms with Gasteiger partial charge in [-0.15, -0.1) is 0 Å². The quantitative estimate of drug-likeness (QED) is 0.437. The third-order valence-electron chi connectivity index (χ3n) is 2.28. The molecule has 0 rings (SSSR count). The lowest BCUT2D eigenvalue weighted by molar-refractivity contribution is 0.0335. The Morgan fingerprint density at radius 2 is 1.17 bits per heavy atom. The van der Waals surface area contributed by atoms with Gasteiger partial charge in [-0.1, -0.05) is 39.5 Å². The SMILES string of the molecule is CC(C)CCOC(=O)OC(=O)OCCC(C)C.OCC#CCO. The molecule has 0 saturated heterocycles. The summed E-state index contributed by atoms with van der Waals surface area (Å²) in [7, 11) is 0. The molecule has 0 fully saturated rings. The number of carbonyl (C=O) groups is 2. The number of carbonyl (C=O) groups excluding carboxylic acids is 2. The van der Waals surface area contributed by atoms with Gasteiger partial charge in [-0.3, -0.25) is 0 Å². The highest BCUT2D eigenvalue weighted by atomic mass is 16.8. The van der Waals surface area contributed by atoms with E-state index in [2.05, 4.69) is 26.1 Å². The molecule has 0 aliphatic heterocycles. The summed E-state index contributed by atoms with van der Waals surface area (Å²) in [6.07, 6.45) is -0.532. The molecule has 0 unspecified atom stereocenters. The Balaban J connectivity index is 0. The van der Waals surface area contributed by atoms with Crippen LogP contribution in [0.5, 0.6) is 0 Å². The lowest BCUT2D eigenvalue weighted by Crippen LogP contribution is -2.17. The molecule has 0 heterocycles. The first-order valence-corrected chi connectivity index (χ1v) is 7.52. The Morgan fingerprint density at radius 3 is 1.43 bits per heavy atom. The van der Waals surface area contributed by atoms with E-state index in [9.17, 15) is 9.59 Å². The Morgan fingerprint density at radius 1 is 0.826 bits per heavy atom. The summed E-state index contributed by atoms with van der Waals surface area (Å²) in [6.45, 7) is 8.19. The van der Waals surface area contributed by atoms with Crippen molar-refractivity contribution in [1.29, 1.82) is 0 Å². The molecule has 2 N–H and O–H groups in total. The van der Waals surface area contributed by atoms with Gasteiger partial charge >= 0.3 is 12.3 Å². The molecule has 0 amide bonds. The predicted octanol–water partition coefficient (Wildman–Crippen LogP) is 2.34. The van der Waals surface area contributed by atoms with Gasteiger partial charge in [0.25, 0.3) is 0 Å². The van der Waals surface area contributed by atoms with Crippen LogP contribution in [0.2, 0.25) is 0 Å². The van der Waals surface area contributed by atoms with Crippen LogP contribution >= 0.6 is 0 Å². The van der Waals surface area contributed by atoms with E-state index in [0.29, 0.717) is 11.8 Å². The number of aliphatic hydroxyl groups is 2. The van der Waals surface area contributed by atoms with Crippen LogP contribution in [-0.2, 0) is 14.2 Å². The fourth-order valence-electron chi connectivity index (χ4n) is 0.995. The van der Waals surface area contributed by atoms with Crippen LogP contribution < -0.4 is 0 Å². The number of rotatable bonds is 6. The van der Waals surface area contributed by atoms with Gasteiger partial charge in [0, 0.05) is 0 Å². The summed E-state index contributed by atoms with van der Waals surface area (Å²) in [6, 6.07) is 0. The van der Waals surface area contributed by atoms with Crippen molar-refractivity contribution in [2.75, 3.05) is 26.4 Å². The highest BCUT2D eigenvalue weighted by molar-refractivity contribution is 5.76. The minimum atomic E-state index is -1.000. The van der Waals surface area contributed by atoms with Crippen molar-refractivity contribution < 1.29 is 34.0 Å². The molecule has 0 bridgehead atoms. The fraction of sp³-hybridized carbons (Fsp3) is 0.750. The highest BCUT2D eigenvalue weighted by Gasteiger charge is 2.13. The van der Waals surface area contributed by atoms with Crippen molar-refractivity contribution in [1.82, 2.24) is 0 Å². The minimum Gasteiger partial charge on any atom is -0.434 e. The van der Waals surface area contributed by atoms with Crippen LogP contribution in [0.4, 0.5) is 9.59 Å². The van der Waals surface area contributed by atoms with E-state index < -0.39 is 12.3 Å². The van der Waals surface area contributed by atoms with Crippen molar-refractivity contribution in [3.05, 3.63) is 0 Å². The minimum absolute atomic E-state index is 0.166. The molecule has 7 nitrogen and oxygen atoms in total. The Kier molecular flexibility index (Phi) is 16.9. The van der Waals surface area contributed by atoms with E-state index >= 15 is 0 Å². The molecule has 23 heavy (non-hydrogen) atoms. The molecular weight excluding hydrogens is 304 g/mol. The van der Waals surface area contributed by atoms with Crippen LogP contribution in [0.15, 0.2) is 0 Å². The highest BCUT2D eigenvalue weighted by Crippen LogP contribution is 2.02. The third kappa shape index (κ3) is 22.6. The Labute approximate surface area is 137 Å². The topological polar surface area (TPSA) is 102 Å². The van der Waals surface area contributed by atoms with Gasteiger partial charge < -0.3 is 24.4 Å². The predicted molar refractivity (Wildman–Crippen MR) is 84.6 cm³/mol. The Hall–Kier alpha value is -1.78. The molecule has 0 saturated carbocycles. The second-order valence-corrected chi connectivity index (χ2v) is 5.33. The van der Waals surface area contributed by atoms with Gasteiger partial charge in [-0.05, 0) is 24.7 Å². The molecule has 0 radical (unpaired) electrons. The van der Waals surface area contributed by atoms with Crippen LogP contribution in [0, 0.1) is 23.7 Å². The van der Waals surface area contributed by atoms with E-state index in [-0.39, 0.29) is 26.4 Å². The van der Waals surface area contributed by atoms with Gasteiger partial charge in [0.2, 0.25) is 0 Å². The van der Waals surface area contributed by atoms with Crippen molar-refractivity contribution in [2.24, 2.45) is 11.8 Å². The Bertz CT molecular complexity index is 334. The summed E-state index contributed by atoms with van der Waals surface area (Å²) < 4.78 is 13.7. The monoisotopic (exact) mass is 332 g/mol. The zero-order valence-electron chi connectivity index (χ0n) is 14.3. The van der Waals surface area contributed by atoms with E-state index in [1.807, 2.05) is 27.7 Å². The van der Waals surface area contributed by atoms with E-state index in [4.69, 9.17) is 10.2 Å². The van der Waals surface area contributed by atoms with Gasteiger partial charge in [0.05, 0.1) is 13.2 Å². The summed E-state index contributed by atoms with van der Waals surface area (Å²) in [5.41, 5.74) is 0. The average Bonchev–Trinajstić information content (AvgIpc) is 2.44. The van der Waals surface area contributed by atoms with E-state index in [1.165, 1.54) is 0 Å². The zero-order chi connectivity index (χ0) is 18.1. The maximum Gasteiger partial charge on any atom is 0.518 e. The second kappa shape index (κ2) is 16.6. The van der Waals surface area contributed by atoms with Gasteiger partial charge in [-0.25, -0.2) is 9.59 Å². The first-order chi connectivity index (χ1) is 10.8. The number of hydrogen-bond acceptors (Lipinski definition) is 7. The molecular formula is C16H28O7. The summed E-state index contributed by atoms with van der Waals surface area (Å²) >= 11 is 0. The standard InChI is InChI=1S/C12H22O5.C4H6O2/c1-9(2)5-7-15-11(13)17-12(14)16-8-6-10(3)4;5-3-1-2-4-6/h9-10H,5-8H2,1-4H3;5-6H,3-4H2. The lowest BCUT2D eigenvalue weighted by Gasteiger charge is -2.07. The lowest BCUT2D eigenvalue weighted by atomic mass is 10.1. The smallest absolute Gasteiger partial charge is 0.434 e. The van der Waals surface area contributed by atoms with Crippen molar-refractivity contribution in [3.8, 4) is 11.8 Å². The van der Waals surface area contributed by atoms with Crippen LogP contribution in [0.1, 0.15) is 40.5 Å². The maximum atomic E-state index is 11.0. The van der Waals surface area contributed by atoms with Crippen LogP contribution in [0.3, 0.4) is 0 Å². The van der Waals surface area contributed by atoms with Gasteiger partial charge in [-0.2, -0.15) is 0 Å². The van der Waals surface area contributed by atoms with Crippen molar-refractivity contribution in [2.45, 2.75) is 40.5 Å². The largest absolute Gasteiger partial charge is 0.518 e. The number of aliphatic hydroxyl groups excluding tert-OH is 2. The third-order valence-corrected chi connectivity index (χ3v) is 2.28. The van der Waals surface area contributed by atoms with Crippen molar-refractivity contribution in [3.63, 3.8) is 0 Å². The normalized spacial score (nSPS) is 9.39. The van der Waals surface area contributed by atoms with Crippen molar-refractivity contribution >= 4 is 12.3 Å². The van der Waals surface area contributed by atoms with E-state index in [0.717, 1.165) is 12.8 Å². The first kappa shape index (κ1) is 23.5.